The van der Waals surface area contributed by atoms with E-state index in [0.29, 0.717) is 24.0 Å². The van der Waals surface area contributed by atoms with Crippen LogP contribution in [0.2, 0.25) is 0 Å². The number of hydrogen-bond donors (Lipinski definition) is 2. The van der Waals surface area contributed by atoms with Crippen molar-refractivity contribution in [2.45, 2.75) is 18.6 Å². The van der Waals surface area contributed by atoms with E-state index in [9.17, 15) is 9.90 Å². The summed E-state index contributed by atoms with van der Waals surface area (Å²) in [7, 11) is 3.93. The Hall–Kier alpha value is -1.99. The first-order valence-corrected chi connectivity index (χ1v) is 6.99. The van der Waals surface area contributed by atoms with E-state index >= 15 is 0 Å². The average Bonchev–Trinajstić information content (AvgIpc) is 3.02. The van der Waals surface area contributed by atoms with Crippen molar-refractivity contribution in [2.24, 2.45) is 0 Å². The average molecular weight is 289 g/mol. The highest BCUT2D eigenvalue weighted by Gasteiger charge is 2.34. The molecule has 0 spiro atoms. The molecule has 1 aromatic heterocycles. The minimum Gasteiger partial charge on any atom is -0.391 e. The molecule has 0 radical (unpaired) electrons. The molecule has 1 saturated heterocycles. The highest BCUT2D eigenvalue weighted by atomic mass is 16.3. The van der Waals surface area contributed by atoms with E-state index < -0.39 is 6.10 Å². The van der Waals surface area contributed by atoms with Gasteiger partial charge >= 0.3 is 0 Å². The van der Waals surface area contributed by atoms with Crippen molar-refractivity contribution in [1.82, 2.24) is 25.2 Å². The molecule has 1 aromatic carbocycles. The molecular formula is C14H19N5O2. The molecule has 0 bridgehead atoms. The number of fused-ring (bicyclic) bond motifs is 1. The molecule has 2 heterocycles. The van der Waals surface area contributed by atoms with Gasteiger partial charge in [0.2, 0.25) is 0 Å². The van der Waals surface area contributed by atoms with Crippen LogP contribution < -0.4 is 0 Å². The van der Waals surface area contributed by atoms with E-state index in [1.54, 1.807) is 23.1 Å². The molecule has 2 N–H and O–H groups in total. The Kier molecular flexibility index (Phi) is 3.60. The molecule has 7 nitrogen and oxygen atoms in total. The number of aliphatic hydroxyl groups excluding tert-OH is 1. The van der Waals surface area contributed by atoms with Gasteiger partial charge in [0.1, 0.15) is 11.0 Å². The van der Waals surface area contributed by atoms with Crippen LogP contribution in [0.4, 0.5) is 0 Å². The number of benzene rings is 1. The molecule has 3 rings (SSSR count). The van der Waals surface area contributed by atoms with Crippen molar-refractivity contribution >= 4 is 16.9 Å². The molecule has 1 aliphatic rings. The van der Waals surface area contributed by atoms with Crippen LogP contribution in [0.3, 0.4) is 0 Å². The predicted molar refractivity (Wildman–Crippen MR) is 77.9 cm³/mol. The number of carbonyl (C=O) groups is 1. The lowest BCUT2D eigenvalue weighted by molar-refractivity contribution is 0.0699. The molecule has 0 aliphatic carbocycles. The van der Waals surface area contributed by atoms with Gasteiger partial charge in [-0.25, -0.2) is 0 Å². The maximum Gasteiger partial charge on any atom is 0.254 e. The molecule has 21 heavy (non-hydrogen) atoms. The second-order valence-electron chi connectivity index (χ2n) is 5.79. The van der Waals surface area contributed by atoms with Crippen LogP contribution in [-0.2, 0) is 0 Å². The number of aromatic amines is 1. The Labute approximate surface area is 122 Å². The fraction of sp³-hybridized carbons (Fsp3) is 0.500. The van der Waals surface area contributed by atoms with Crippen molar-refractivity contribution in [3.63, 3.8) is 0 Å². The van der Waals surface area contributed by atoms with Gasteiger partial charge in [0.25, 0.3) is 5.91 Å². The topological polar surface area (TPSA) is 85.4 Å². The summed E-state index contributed by atoms with van der Waals surface area (Å²) < 4.78 is 0. The summed E-state index contributed by atoms with van der Waals surface area (Å²) in [5, 5.41) is 20.4. The molecular weight excluding hydrogens is 270 g/mol. The zero-order chi connectivity index (χ0) is 15.0. The summed E-state index contributed by atoms with van der Waals surface area (Å²) in [6.07, 6.45) is 0.172. The number of β-amino-alcohol motifs (C(OH)–C–C–N with tert-alkyl or cyclic N) is 1. The van der Waals surface area contributed by atoms with Crippen LogP contribution in [0, 0.1) is 0 Å². The van der Waals surface area contributed by atoms with E-state index in [1.807, 2.05) is 19.0 Å². The Morgan fingerprint density at radius 3 is 2.95 bits per heavy atom. The van der Waals surface area contributed by atoms with Crippen LogP contribution in [-0.4, -0.2) is 75.6 Å². The number of rotatable bonds is 3. The molecule has 1 amide bonds. The van der Waals surface area contributed by atoms with Gasteiger partial charge in [0.15, 0.2) is 0 Å². The van der Waals surface area contributed by atoms with Crippen LogP contribution in [0.5, 0.6) is 0 Å². The normalized spacial score (nSPS) is 22.4. The number of carbonyl (C=O) groups excluding carboxylic acids is 1. The maximum atomic E-state index is 12.7. The van der Waals surface area contributed by atoms with Crippen molar-refractivity contribution in [3.05, 3.63) is 23.8 Å². The molecule has 112 valence electrons. The quantitative estimate of drug-likeness (QED) is 0.837. The molecule has 1 aliphatic heterocycles. The smallest absolute Gasteiger partial charge is 0.254 e. The number of nitrogens with zero attached hydrogens (tertiary/aromatic N) is 4. The number of nitrogens with one attached hydrogen (secondary N) is 1. The molecule has 1 fully saturated rings. The predicted octanol–water partition coefficient (Wildman–Crippen LogP) is 0.0949. The second kappa shape index (κ2) is 5.42. The fourth-order valence-corrected chi connectivity index (χ4v) is 2.87. The van der Waals surface area contributed by atoms with Crippen LogP contribution in [0.15, 0.2) is 18.2 Å². The molecule has 2 unspecified atom stereocenters. The summed E-state index contributed by atoms with van der Waals surface area (Å²) in [5.41, 5.74) is 1.98. The Bertz CT molecular complexity index is 654. The second-order valence-corrected chi connectivity index (χ2v) is 5.79. The Morgan fingerprint density at radius 1 is 1.43 bits per heavy atom. The van der Waals surface area contributed by atoms with Gasteiger partial charge < -0.3 is 14.9 Å². The number of hydrogen-bond acceptors (Lipinski definition) is 5. The SMILES string of the molecule is CN(C)CC1CC(O)CN1C(=O)c1ccc2n[nH]nc2c1. The minimum absolute atomic E-state index is 0.0375. The standard InChI is InChI=1S/C14H19N5O2/c1-18(2)7-10-6-11(20)8-19(10)14(21)9-3-4-12-13(5-9)16-17-15-12/h3-5,10-11,20H,6-8H2,1-2H3,(H,15,16,17). The monoisotopic (exact) mass is 289 g/mol. The van der Waals surface area contributed by atoms with Crippen molar-refractivity contribution in [1.29, 1.82) is 0 Å². The van der Waals surface area contributed by atoms with Crippen molar-refractivity contribution in [2.75, 3.05) is 27.2 Å². The fourth-order valence-electron chi connectivity index (χ4n) is 2.87. The Balaban J connectivity index is 1.85. The lowest BCUT2D eigenvalue weighted by atomic mass is 10.1. The van der Waals surface area contributed by atoms with Gasteiger partial charge in [-0.15, -0.1) is 0 Å². The third kappa shape index (κ3) is 2.74. The van der Waals surface area contributed by atoms with Crippen LogP contribution >= 0.6 is 0 Å². The van der Waals surface area contributed by atoms with E-state index in [4.69, 9.17) is 0 Å². The van der Waals surface area contributed by atoms with Crippen molar-refractivity contribution in [3.8, 4) is 0 Å². The molecule has 2 aromatic rings. The third-order valence-corrected chi connectivity index (χ3v) is 3.79. The summed E-state index contributed by atoms with van der Waals surface area (Å²) in [6.45, 7) is 1.13. The van der Waals surface area contributed by atoms with E-state index in [2.05, 4.69) is 15.4 Å². The lowest BCUT2D eigenvalue weighted by Crippen LogP contribution is -2.41. The van der Waals surface area contributed by atoms with Crippen LogP contribution in [0.25, 0.3) is 11.0 Å². The number of aliphatic hydroxyl groups is 1. The molecule has 0 saturated carbocycles. The Morgan fingerprint density at radius 2 is 2.19 bits per heavy atom. The summed E-state index contributed by atoms with van der Waals surface area (Å²) >= 11 is 0. The third-order valence-electron chi connectivity index (χ3n) is 3.79. The number of aromatic nitrogens is 3. The molecule has 2 atom stereocenters. The van der Waals surface area contributed by atoms with Gasteiger partial charge in [-0.1, -0.05) is 0 Å². The number of likely N-dealkylation sites (N-methyl/N-ethyl adjacent to an activating group) is 1. The van der Waals surface area contributed by atoms with Gasteiger partial charge in [-0.05, 0) is 38.7 Å². The highest BCUT2D eigenvalue weighted by Crippen LogP contribution is 2.22. The number of likely N-dealkylation sites (tertiary alicyclic amines) is 1. The number of amides is 1. The van der Waals surface area contributed by atoms with Crippen LogP contribution in [0.1, 0.15) is 16.8 Å². The zero-order valence-corrected chi connectivity index (χ0v) is 12.2. The first-order valence-electron chi connectivity index (χ1n) is 6.99. The first-order chi connectivity index (χ1) is 10.0. The minimum atomic E-state index is -0.449. The molecule has 7 heteroatoms. The summed E-state index contributed by atoms with van der Waals surface area (Å²) in [5.74, 6) is -0.0664. The highest BCUT2D eigenvalue weighted by molar-refractivity contribution is 5.97. The zero-order valence-electron chi connectivity index (χ0n) is 12.2. The lowest BCUT2D eigenvalue weighted by Gasteiger charge is -2.26. The van der Waals surface area contributed by atoms with E-state index in [0.717, 1.165) is 12.1 Å². The van der Waals surface area contributed by atoms with Crippen molar-refractivity contribution < 1.29 is 9.90 Å². The van der Waals surface area contributed by atoms with Gasteiger partial charge in [0, 0.05) is 24.7 Å². The van der Waals surface area contributed by atoms with Gasteiger partial charge in [-0.3, -0.25) is 4.79 Å². The first kappa shape index (κ1) is 14.0. The van der Waals surface area contributed by atoms with E-state index in [1.165, 1.54) is 0 Å². The number of H-pyrrole nitrogens is 1. The van der Waals surface area contributed by atoms with E-state index in [-0.39, 0.29) is 11.9 Å². The summed E-state index contributed by atoms with van der Waals surface area (Å²) in [6, 6.07) is 5.30. The van der Waals surface area contributed by atoms with Gasteiger partial charge in [-0.2, -0.15) is 15.4 Å². The maximum absolute atomic E-state index is 12.7. The summed E-state index contributed by atoms with van der Waals surface area (Å²) in [4.78, 5) is 16.5. The largest absolute Gasteiger partial charge is 0.391 e. The van der Waals surface area contributed by atoms with Gasteiger partial charge in [0.05, 0.1) is 6.10 Å².